The topological polar surface area (TPSA) is 51.2 Å². The molecule has 2 aliphatic heterocycles. The fourth-order valence-corrected chi connectivity index (χ4v) is 5.32. The van der Waals surface area contributed by atoms with Crippen LogP contribution in [0.2, 0.25) is 0 Å². The summed E-state index contributed by atoms with van der Waals surface area (Å²) in [6.07, 6.45) is 7.10. The SMILES string of the molecule is CCCC1CCN([C@H]2[C@H](OC)C[C@@H]3C[C@H](COC)OC[C@]32O)CC1. The normalized spacial score (nSPS) is 41.5. The lowest BCUT2D eigenvalue weighted by Crippen LogP contribution is -2.62. The first kappa shape index (κ1) is 18.6. The van der Waals surface area contributed by atoms with Crippen LogP contribution in [0.25, 0.3) is 0 Å². The summed E-state index contributed by atoms with van der Waals surface area (Å²) < 4.78 is 17.0. The lowest BCUT2D eigenvalue weighted by molar-refractivity contribution is -0.182. The molecule has 0 radical (unpaired) electrons. The monoisotopic (exact) mass is 341 g/mol. The van der Waals surface area contributed by atoms with Crippen LogP contribution in [0.4, 0.5) is 0 Å². The summed E-state index contributed by atoms with van der Waals surface area (Å²) in [5, 5.41) is 11.5. The van der Waals surface area contributed by atoms with Crippen LogP contribution in [0.15, 0.2) is 0 Å². The molecule has 0 bridgehead atoms. The van der Waals surface area contributed by atoms with Crippen molar-refractivity contribution in [1.82, 2.24) is 4.90 Å². The van der Waals surface area contributed by atoms with Gasteiger partial charge in [-0.05, 0) is 50.6 Å². The second kappa shape index (κ2) is 8.00. The Bertz CT molecular complexity index is 399. The van der Waals surface area contributed by atoms with Crippen molar-refractivity contribution in [2.24, 2.45) is 11.8 Å². The van der Waals surface area contributed by atoms with Crippen LogP contribution >= 0.6 is 0 Å². The van der Waals surface area contributed by atoms with Crippen molar-refractivity contribution in [3.63, 3.8) is 0 Å². The summed E-state index contributed by atoms with van der Waals surface area (Å²) in [7, 11) is 3.50. The predicted octanol–water partition coefficient (Wildman–Crippen LogP) is 2.07. The number of fused-ring (bicyclic) bond motifs is 1. The van der Waals surface area contributed by atoms with E-state index in [-0.39, 0.29) is 24.2 Å². The van der Waals surface area contributed by atoms with Gasteiger partial charge in [0, 0.05) is 14.2 Å². The quantitative estimate of drug-likeness (QED) is 0.801. The number of methoxy groups -OCH3 is 2. The smallest absolute Gasteiger partial charge is 0.109 e. The molecule has 3 fully saturated rings. The van der Waals surface area contributed by atoms with E-state index >= 15 is 0 Å². The number of ether oxygens (including phenoxy) is 3. The molecule has 3 rings (SSSR count). The van der Waals surface area contributed by atoms with Crippen LogP contribution in [0.1, 0.15) is 45.4 Å². The zero-order valence-corrected chi connectivity index (χ0v) is 15.6. The fraction of sp³-hybridized carbons (Fsp3) is 1.00. The van der Waals surface area contributed by atoms with Crippen molar-refractivity contribution >= 4 is 0 Å². The van der Waals surface area contributed by atoms with Crippen molar-refractivity contribution in [2.45, 2.75) is 69.3 Å². The van der Waals surface area contributed by atoms with E-state index in [9.17, 15) is 5.11 Å². The summed E-state index contributed by atoms with van der Waals surface area (Å²) in [6, 6.07) is 0.0681. The zero-order valence-electron chi connectivity index (χ0n) is 15.6. The van der Waals surface area contributed by atoms with Gasteiger partial charge in [0.15, 0.2) is 0 Å². The molecule has 1 saturated carbocycles. The molecule has 0 spiro atoms. The van der Waals surface area contributed by atoms with Crippen LogP contribution in [-0.2, 0) is 14.2 Å². The van der Waals surface area contributed by atoms with E-state index in [1.54, 1.807) is 14.2 Å². The standard InChI is InChI=1S/C19H35NO4/c1-4-5-14-6-8-20(9-7-14)18-17(23-3)11-15-10-16(12-22-2)24-13-19(15,18)21/h14-18,21H,4-13H2,1-3H3/t15-,16+,17+,18-,19-/m0/s1. The first-order valence-corrected chi connectivity index (χ1v) is 9.72. The Hall–Kier alpha value is -0.200. The minimum Gasteiger partial charge on any atom is -0.385 e. The minimum atomic E-state index is -0.775. The van der Waals surface area contributed by atoms with Crippen LogP contribution in [0, 0.1) is 11.8 Å². The molecular formula is C19H35NO4. The summed E-state index contributed by atoms with van der Waals surface area (Å²) in [5.41, 5.74) is -0.775. The molecule has 0 unspecified atom stereocenters. The summed E-state index contributed by atoms with van der Waals surface area (Å²) in [4.78, 5) is 2.49. The van der Waals surface area contributed by atoms with Crippen LogP contribution in [0.3, 0.4) is 0 Å². The van der Waals surface area contributed by atoms with E-state index in [4.69, 9.17) is 14.2 Å². The molecule has 1 aliphatic carbocycles. The Labute approximate surface area is 146 Å². The Morgan fingerprint density at radius 3 is 2.58 bits per heavy atom. The fourth-order valence-electron chi connectivity index (χ4n) is 5.32. The first-order chi connectivity index (χ1) is 11.6. The molecule has 5 atom stereocenters. The highest BCUT2D eigenvalue weighted by Crippen LogP contribution is 2.46. The lowest BCUT2D eigenvalue weighted by Gasteiger charge is -2.47. The molecule has 0 aromatic carbocycles. The van der Waals surface area contributed by atoms with Gasteiger partial charge in [-0.1, -0.05) is 19.8 Å². The van der Waals surface area contributed by atoms with E-state index in [0.717, 1.165) is 31.8 Å². The van der Waals surface area contributed by atoms with Gasteiger partial charge in [-0.3, -0.25) is 4.90 Å². The van der Waals surface area contributed by atoms with Gasteiger partial charge in [-0.15, -0.1) is 0 Å². The Balaban J connectivity index is 1.68. The Kier molecular flexibility index (Phi) is 6.20. The molecule has 5 heteroatoms. The highest BCUT2D eigenvalue weighted by molar-refractivity contribution is 5.11. The molecule has 0 amide bonds. The third-order valence-corrected chi connectivity index (χ3v) is 6.58. The molecule has 0 aromatic rings. The maximum absolute atomic E-state index is 11.5. The zero-order chi connectivity index (χ0) is 17.2. The van der Waals surface area contributed by atoms with E-state index in [1.807, 2.05) is 0 Å². The van der Waals surface area contributed by atoms with E-state index < -0.39 is 5.60 Å². The third kappa shape index (κ3) is 3.51. The maximum Gasteiger partial charge on any atom is 0.109 e. The molecule has 140 valence electrons. The van der Waals surface area contributed by atoms with E-state index in [1.165, 1.54) is 25.7 Å². The largest absolute Gasteiger partial charge is 0.385 e. The average Bonchev–Trinajstić information content (AvgIpc) is 2.88. The van der Waals surface area contributed by atoms with Gasteiger partial charge >= 0.3 is 0 Å². The highest BCUT2D eigenvalue weighted by Gasteiger charge is 2.59. The number of nitrogens with zero attached hydrogens (tertiary/aromatic N) is 1. The summed E-state index contributed by atoms with van der Waals surface area (Å²) in [6.45, 7) is 5.44. The molecule has 2 heterocycles. The van der Waals surface area contributed by atoms with Crippen molar-refractivity contribution in [2.75, 3.05) is 40.5 Å². The average molecular weight is 341 g/mol. The van der Waals surface area contributed by atoms with E-state index in [0.29, 0.717) is 13.2 Å². The third-order valence-electron chi connectivity index (χ3n) is 6.58. The summed E-state index contributed by atoms with van der Waals surface area (Å²) >= 11 is 0. The lowest BCUT2D eigenvalue weighted by atomic mass is 9.81. The van der Waals surface area contributed by atoms with Crippen molar-refractivity contribution in [3.8, 4) is 0 Å². The number of likely N-dealkylation sites (tertiary alicyclic amines) is 1. The Morgan fingerprint density at radius 1 is 1.21 bits per heavy atom. The molecule has 3 aliphatic rings. The number of piperidine rings is 1. The van der Waals surface area contributed by atoms with Gasteiger partial charge in [0.05, 0.1) is 31.5 Å². The van der Waals surface area contributed by atoms with E-state index in [2.05, 4.69) is 11.8 Å². The second-order valence-corrected chi connectivity index (χ2v) is 8.03. The molecule has 2 saturated heterocycles. The van der Waals surface area contributed by atoms with Crippen molar-refractivity contribution in [1.29, 1.82) is 0 Å². The predicted molar refractivity (Wildman–Crippen MR) is 93.1 cm³/mol. The summed E-state index contributed by atoms with van der Waals surface area (Å²) in [5.74, 6) is 1.10. The number of aliphatic hydroxyl groups is 1. The molecule has 0 aromatic heterocycles. The van der Waals surface area contributed by atoms with Gasteiger partial charge in [0.2, 0.25) is 0 Å². The minimum absolute atomic E-state index is 0.0681. The maximum atomic E-state index is 11.5. The molecule has 1 N–H and O–H groups in total. The number of rotatable bonds is 6. The Morgan fingerprint density at radius 2 is 1.96 bits per heavy atom. The number of hydrogen-bond acceptors (Lipinski definition) is 5. The van der Waals surface area contributed by atoms with Crippen LogP contribution in [0.5, 0.6) is 0 Å². The first-order valence-electron chi connectivity index (χ1n) is 9.72. The van der Waals surface area contributed by atoms with Crippen LogP contribution < -0.4 is 0 Å². The highest BCUT2D eigenvalue weighted by atomic mass is 16.5. The van der Waals surface area contributed by atoms with Gasteiger partial charge in [0.1, 0.15) is 5.60 Å². The van der Waals surface area contributed by atoms with Gasteiger partial charge < -0.3 is 19.3 Å². The van der Waals surface area contributed by atoms with Gasteiger partial charge in [0.25, 0.3) is 0 Å². The van der Waals surface area contributed by atoms with Gasteiger partial charge in [-0.25, -0.2) is 0 Å². The number of hydrogen-bond donors (Lipinski definition) is 1. The molecule has 5 nitrogen and oxygen atoms in total. The second-order valence-electron chi connectivity index (χ2n) is 8.03. The van der Waals surface area contributed by atoms with Crippen molar-refractivity contribution in [3.05, 3.63) is 0 Å². The van der Waals surface area contributed by atoms with Crippen LogP contribution in [-0.4, -0.2) is 74.4 Å². The molecule has 24 heavy (non-hydrogen) atoms. The molecular weight excluding hydrogens is 306 g/mol. The van der Waals surface area contributed by atoms with Gasteiger partial charge in [-0.2, -0.15) is 0 Å². The van der Waals surface area contributed by atoms with Crippen molar-refractivity contribution < 1.29 is 19.3 Å².